The number of carbonyl (C=O) groups is 1. The molecule has 0 heterocycles. The number of methoxy groups -OCH3 is 1. The minimum absolute atomic E-state index is 0.0167. The fourth-order valence-electron chi connectivity index (χ4n) is 1.94. The number of aryl methyl sites for hydroxylation is 1. The third-order valence-electron chi connectivity index (χ3n) is 3.19. The second-order valence-corrected chi connectivity index (χ2v) is 4.93. The number of rotatable bonds is 7. The van der Waals surface area contributed by atoms with Crippen LogP contribution in [0.5, 0.6) is 17.2 Å². The smallest absolute Gasteiger partial charge is 0.267 e. The SMILES string of the molecule is COc1ccc(OCOc2cc(C)ccc2/C=C/C(=O)NO)cc1. The Kier molecular flexibility index (Phi) is 6.22. The summed E-state index contributed by atoms with van der Waals surface area (Å²) in [6, 6.07) is 12.7. The van der Waals surface area contributed by atoms with E-state index in [0.717, 1.165) is 11.3 Å². The highest BCUT2D eigenvalue weighted by Crippen LogP contribution is 2.23. The molecule has 2 aromatic rings. The Bertz CT molecular complexity index is 710. The average Bonchev–Trinajstić information content (AvgIpc) is 2.61. The van der Waals surface area contributed by atoms with Gasteiger partial charge in [0.1, 0.15) is 17.2 Å². The van der Waals surface area contributed by atoms with Gasteiger partial charge in [-0.2, -0.15) is 0 Å². The van der Waals surface area contributed by atoms with Gasteiger partial charge in [-0.25, -0.2) is 5.48 Å². The molecule has 6 nitrogen and oxygen atoms in total. The summed E-state index contributed by atoms with van der Waals surface area (Å²) in [6.45, 7) is 1.95. The number of hydrogen-bond acceptors (Lipinski definition) is 5. The first-order chi connectivity index (χ1) is 11.6. The van der Waals surface area contributed by atoms with Crippen LogP contribution in [0.15, 0.2) is 48.5 Å². The summed E-state index contributed by atoms with van der Waals surface area (Å²) in [7, 11) is 1.60. The van der Waals surface area contributed by atoms with Crippen LogP contribution in [0.25, 0.3) is 6.08 Å². The van der Waals surface area contributed by atoms with Crippen LogP contribution < -0.4 is 19.7 Å². The van der Waals surface area contributed by atoms with Gasteiger partial charge < -0.3 is 14.2 Å². The van der Waals surface area contributed by atoms with Crippen LogP contribution in [0.3, 0.4) is 0 Å². The molecule has 0 aliphatic carbocycles. The Morgan fingerprint density at radius 2 is 1.83 bits per heavy atom. The molecule has 126 valence electrons. The molecule has 0 aliphatic rings. The maximum Gasteiger partial charge on any atom is 0.267 e. The fourth-order valence-corrected chi connectivity index (χ4v) is 1.94. The van der Waals surface area contributed by atoms with Crippen molar-refractivity contribution in [2.75, 3.05) is 13.9 Å². The van der Waals surface area contributed by atoms with Gasteiger partial charge in [0.15, 0.2) is 0 Å². The lowest BCUT2D eigenvalue weighted by Gasteiger charge is -2.12. The highest BCUT2D eigenvalue weighted by Gasteiger charge is 2.03. The van der Waals surface area contributed by atoms with Gasteiger partial charge in [0.05, 0.1) is 7.11 Å². The van der Waals surface area contributed by atoms with Crippen molar-refractivity contribution in [1.29, 1.82) is 0 Å². The van der Waals surface area contributed by atoms with E-state index in [1.165, 1.54) is 11.6 Å². The van der Waals surface area contributed by atoms with Gasteiger partial charge in [0.2, 0.25) is 6.79 Å². The molecular weight excluding hydrogens is 310 g/mol. The lowest BCUT2D eigenvalue weighted by molar-refractivity contribution is -0.124. The number of hydrogen-bond donors (Lipinski definition) is 2. The van der Waals surface area contributed by atoms with Gasteiger partial charge in [0.25, 0.3) is 5.91 Å². The molecule has 1 amide bonds. The maximum absolute atomic E-state index is 11.1. The first kappa shape index (κ1) is 17.4. The fraction of sp³-hybridized carbons (Fsp3) is 0.167. The summed E-state index contributed by atoms with van der Waals surface area (Å²) in [5.41, 5.74) is 3.25. The van der Waals surface area contributed by atoms with Crippen molar-refractivity contribution in [3.05, 3.63) is 59.7 Å². The van der Waals surface area contributed by atoms with E-state index in [0.29, 0.717) is 17.1 Å². The van der Waals surface area contributed by atoms with E-state index in [-0.39, 0.29) is 6.79 Å². The molecule has 0 saturated carbocycles. The predicted molar refractivity (Wildman–Crippen MR) is 89.3 cm³/mol. The van der Waals surface area contributed by atoms with Crippen LogP contribution in [-0.4, -0.2) is 25.0 Å². The summed E-state index contributed by atoms with van der Waals surface area (Å²) < 4.78 is 16.3. The van der Waals surface area contributed by atoms with Crippen molar-refractivity contribution in [3.63, 3.8) is 0 Å². The maximum atomic E-state index is 11.1. The Morgan fingerprint density at radius 1 is 1.12 bits per heavy atom. The summed E-state index contributed by atoms with van der Waals surface area (Å²) in [4.78, 5) is 11.1. The lowest BCUT2D eigenvalue weighted by Crippen LogP contribution is -2.14. The number of carbonyl (C=O) groups excluding carboxylic acids is 1. The molecule has 0 atom stereocenters. The molecule has 2 aromatic carbocycles. The van der Waals surface area contributed by atoms with E-state index in [2.05, 4.69) is 0 Å². The van der Waals surface area contributed by atoms with Crippen LogP contribution in [0.1, 0.15) is 11.1 Å². The Hall–Kier alpha value is -2.99. The van der Waals surface area contributed by atoms with Crippen LogP contribution in [0.2, 0.25) is 0 Å². The normalized spacial score (nSPS) is 10.5. The van der Waals surface area contributed by atoms with Crippen LogP contribution in [0.4, 0.5) is 0 Å². The van der Waals surface area contributed by atoms with E-state index in [4.69, 9.17) is 19.4 Å². The highest BCUT2D eigenvalue weighted by atomic mass is 16.7. The summed E-state index contributed by atoms with van der Waals surface area (Å²) in [5, 5.41) is 8.52. The van der Waals surface area contributed by atoms with Gasteiger partial charge in [-0.05, 0) is 48.9 Å². The quantitative estimate of drug-likeness (QED) is 0.353. The molecule has 0 radical (unpaired) electrons. The number of hydroxylamine groups is 1. The molecular formula is C18H19NO5. The summed E-state index contributed by atoms with van der Waals surface area (Å²) in [6.07, 6.45) is 2.76. The van der Waals surface area contributed by atoms with Gasteiger partial charge in [-0.15, -0.1) is 0 Å². The van der Waals surface area contributed by atoms with Crippen molar-refractivity contribution in [1.82, 2.24) is 5.48 Å². The zero-order valence-electron chi connectivity index (χ0n) is 13.5. The van der Waals surface area contributed by atoms with Crippen molar-refractivity contribution in [2.24, 2.45) is 0 Å². The van der Waals surface area contributed by atoms with E-state index in [9.17, 15) is 4.79 Å². The van der Waals surface area contributed by atoms with Crippen molar-refractivity contribution in [3.8, 4) is 17.2 Å². The second kappa shape index (κ2) is 8.59. The van der Waals surface area contributed by atoms with E-state index in [1.807, 2.05) is 25.1 Å². The molecule has 2 rings (SSSR count). The Balaban J connectivity index is 2.01. The average molecular weight is 329 g/mol. The second-order valence-electron chi connectivity index (χ2n) is 4.93. The molecule has 0 aromatic heterocycles. The van der Waals surface area contributed by atoms with Crippen LogP contribution in [-0.2, 0) is 4.79 Å². The third kappa shape index (κ3) is 5.03. The largest absolute Gasteiger partial charge is 0.497 e. The lowest BCUT2D eigenvalue weighted by atomic mass is 10.1. The molecule has 0 aliphatic heterocycles. The number of amides is 1. The standard InChI is InChI=1S/C18H19NO5/c1-13-3-4-14(5-10-18(20)19-21)17(11-13)24-12-23-16-8-6-15(22-2)7-9-16/h3-11,21H,12H2,1-2H3,(H,19,20)/b10-5+. The number of ether oxygens (including phenoxy) is 3. The van der Waals surface area contributed by atoms with Crippen LogP contribution in [0, 0.1) is 6.92 Å². The zero-order chi connectivity index (χ0) is 17.4. The van der Waals surface area contributed by atoms with Crippen LogP contribution >= 0.6 is 0 Å². The molecule has 0 fully saturated rings. The molecule has 2 N–H and O–H groups in total. The first-order valence-corrected chi connectivity index (χ1v) is 7.25. The number of benzene rings is 2. The zero-order valence-corrected chi connectivity index (χ0v) is 13.5. The summed E-state index contributed by atoms with van der Waals surface area (Å²) >= 11 is 0. The molecule has 24 heavy (non-hydrogen) atoms. The minimum atomic E-state index is -0.615. The monoisotopic (exact) mass is 329 g/mol. The van der Waals surface area contributed by atoms with E-state index < -0.39 is 5.91 Å². The van der Waals surface area contributed by atoms with E-state index >= 15 is 0 Å². The third-order valence-corrected chi connectivity index (χ3v) is 3.19. The molecule has 0 bridgehead atoms. The first-order valence-electron chi connectivity index (χ1n) is 7.25. The highest BCUT2D eigenvalue weighted by molar-refractivity contribution is 5.91. The van der Waals surface area contributed by atoms with Gasteiger partial charge in [-0.1, -0.05) is 12.1 Å². The Labute approximate surface area is 140 Å². The van der Waals surface area contributed by atoms with Crippen molar-refractivity contribution < 1.29 is 24.2 Å². The van der Waals surface area contributed by atoms with Gasteiger partial charge >= 0.3 is 0 Å². The van der Waals surface area contributed by atoms with Crippen molar-refractivity contribution in [2.45, 2.75) is 6.92 Å². The summed E-state index contributed by atoms with van der Waals surface area (Å²) in [5.74, 6) is 1.36. The predicted octanol–water partition coefficient (Wildman–Crippen LogP) is 2.94. The van der Waals surface area contributed by atoms with Crippen molar-refractivity contribution >= 4 is 12.0 Å². The molecule has 6 heteroatoms. The molecule has 0 saturated heterocycles. The minimum Gasteiger partial charge on any atom is -0.497 e. The van der Waals surface area contributed by atoms with E-state index in [1.54, 1.807) is 37.5 Å². The topological polar surface area (TPSA) is 77.0 Å². The molecule has 0 unspecified atom stereocenters. The number of nitrogens with one attached hydrogen (secondary N) is 1. The Morgan fingerprint density at radius 3 is 2.50 bits per heavy atom. The van der Waals surface area contributed by atoms with Gasteiger partial charge in [-0.3, -0.25) is 10.0 Å². The van der Waals surface area contributed by atoms with Gasteiger partial charge in [0, 0.05) is 11.6 Å². The molecule has 0 spiro atoms.